The second kappa shape index (κ2) is 9.60. The molecule has 0 radical (unpaired) electrons. The number of carbonyl (C=O) groups excluding carboxylic acids is 1. The Morgan fingerprint density at radius 2 is 1.76 bits per heavy atom. The van der Waals surface area contributed by atoms with E-state index in [1.54, 1.807) is 19.1 Å². The van der Waals surface area contributed by atoms with Crippen LogP contribution in [-0.2, 0) is 32.2 Å². The summed E-state index contributed by atoms with van der Waals surface area (Å²) in [5.74, 6) is 0.0550. The van der Waals surface area contributed by atoms with E-state index < -0.39 is 38.7 Å². The lowest BCUT2D eigenvalue weighted by Gasteiger charge is -2.36. The minimum atomic E-state index is -4.87. The molecule has 0 saturated carbocycles. The summed E-state index contributed by atoms with van der Waals surface area (Å²) in [6, 6.07) is 6.14. The Hall–Kier alpha value is -2.79. The third kappa shape index (κ3) is 4.93. The van der Waals surface area contributed by atoms with Gasteiger partial charge in [-0.25, -0.2) is 8.42 Å². The number of ether oxygens (including phenoxy) is 3. The number of carbonyl (C=O) groups is 1. The van der Waals surface area contributed by atoms with Crippen molar-refractivity contribution in [3.63, 3.8) is 0 Å². The lowest BCUT2D eigenvalue weighted by atomic mass is 9.91. The zero-order valence-corrected chi connectivity index (χ0v) is 19.1. The number of methoxy groups -OCH3 is 2. The first-order chi connectivity index (χ1) is 15.5. The molecule has 0 amide bonds. The number of fused-ring (bicyclic) bond motifs is 1. The fraction of sp³-hybridized carbons (Fsp3) is 0.409. The van der Waals surface area contributed by atoms with Crippen molar-refractivity contribution in [2.24, 2.45) is 0 Å². The first-order valence-corrected chi connectivity index (χ1v) is 11.6. The van der Waals surface area contributed by atoms with Crippen molar-refractivity contribution in [3.8, 4) is 11.5 Å². The zero-order chi connectivity index (χ0) is 24.4. The van der Waals surface area contributed by atoms with E-state index in [1.165, 1.54) is 20.3 Å². The van der Waals surface area contributed by atoms with Crippen molar-refractivity contribution in [2.45, 2.75) is 36.9 Å². The molecule has 7 nitrogen and oxygen atoms in total. The molecular formula is C22H24F3NO6S. The summed E-state index contributed by atoms with van der Waals surface area (Å²) in [5.41, 5.74) is -0.115. The average Bonchev–Trinajstić information content (AvgIpc) is 2.77. The van der Waals surface area contributed by atoms with Crippen LogP contribution in [0.3, 0.4) is 0 Å². The van der Waals surface area contributed by atoms with Gasteiger partial charge in [0.2, 0.25) is 10.0 Å². The number of benzene rings is 2. The highest BCUT2D eigenvalue weighted by Gasteiger charge is 2.43. The normalized spacial score (nSPS) is 16.7. The number of sulfonamides is 1. The first kappa shape index (κ1) is 24.8. The molecule has 180 valence electrons. The Morgan fingerprint density at radius 3 is 2.36 bits per heavy atom. The lowest BCUT2D eigenvalue weighted by Crippen LogP contribution is -2.41. The van der Waals surface area contributed by atoms with Crippen molar-refractivity contribution >= 4 is 16.0 Å². The monoisotopic (exact) mass is 487 g/mol. The summed E-state index contributed by atoms with van der Waals surface area (Å²) in [6.07, 6.45) is -5.03. The van der Waals surface area contributed by atoms with Gasteiger partial charge in [0.15, 0.2) is 11.5 Å². The molecule has 3 rings (SSSR count). The zero-order valence-electron chi connectivity index (χ0n) is 18.3. The molecule has 1 aliphatic heterocycles. The molecule has 0 bridgehead atoms. The molecule has 0 aromatic heterocycles. The minimum Gasteiger partial charge on any atom is -0.493 e. The third-order valence-corrected chi connectivity index (χ3v) is 7.36. The predicted molar refractivity (Wildman–Crippen MR) is 113 cm³/mol. The van der Waals surface area contributed by atoms with Crippen LogP contribution in [0, 0.1) is 0 Å². The molecule has 11 heteroatoms. The van der Waals surface area contributed by atoms with Crippen molar-refractivity contribution in [3.05, 3.63) is 53.1 Å². The summed E-state index contributed by atoms with van der Waals surface area (Å²) >= 11 is 0. The van der Waals surface area contributed by atoms with Gasteiger partial charge in [-0.1, -0.05) is 12.1 Å². The Kier molecular flexibility index (Phi) is 7.23. The molecule has 1 atom stereocenters. The molecular weight excluding hydrogens is 463 g/mol. The highest BCUT2D eigenvalue weighted by Crippen LogP contribution is 2.43. The summed E-state index contributed by atoms with van der Waals surface area (Å²) in [4.78, 5) is 11.5. The number of alkyl halides is 3. The highest BCUT2D eigenvalue weighted by molar-refractivity contribution is 7.89. The largest absolute Gasteiger partial charge is 0.493 e. The Balaban J connectivity index is 2.16. The van der Waals surface area contributed by atoms with Crippen LogP contribution in [0.2, 0.25) is 0 Å². The van der Waals surface area contributed by atoms with Gasteiger partial charge in [0.25, 0.3) is 0 Å². The molecule has 2 aromatic carbocycles. The van der Waals surface area contributed by atoms with Gasteiger partial charge in [0, 0.05) is 6.54 Å². The fourth-order valence-electron chi connectivity index (χ4n) is 3.93. The van der Waals surface area contributed by atoms with Crippen LogP contribution in [0.1, 0.15) is 36.1 Å². The van der Waals surface area contributed by atoms with Crippen LogP contribution in [0.4, 0.5) is 13.2 Å². The van der Waals surface area contributed by atoms with Crippen LogP contribution in [0.15, 0.2) is 41.3 Å². The number of hydrogen-bond acceptors (Lipinski definition) is 6. The SMILES string of the molecule is CCOC(=O)CC1c2cc(OC)c(OC)cc2CCN1S(=O)(=O)c1ccccc1C(F)(F)F. The van der Waals surface area contributed by atoms with E-state index in [9.17, 15) is 26.4 Å². The van der Waals surface area contributed by atoms with Crippen molar-refractivity contribution in [2.75, 3.05) is 27.4 Å². The summed E-state index contributed by atoms with van der Waals surface area (Å²) < 4.78 is 84.3. The van der Waals surface area contributed by atoms with E-state index in [0.717, 1.165) is 22.5 Å². The number of rotatable bonds is 7. The molecule has 2 aromatic rings. The Labute approximate surface area is 190 Å². The number of hydrogen-bond donors (Lipinski definition) is 0. The number of nitrogens with zero attached hydrogens (tertiary/aromatic N) is 1. The van der Waals surface area contributed by atoms with Gasteiger partial charge >= 0.3 is 12.1 Å². The van der Waals surface area contributed by atoms with E-state index in [2.05, 4.69) is 0 Å². The van der Waals surface area contributed by atoms with Crippen LogP contribution < -0.4 is 9.47 Å². The van der Waals surface area contributed by atoms with Crippen molar-refractivity contribution < 1.29 is 40.6 Å². The maximum absolute atomic E-state index is 13.6. The fourth-order valence-corrected chi connectivity index (χ4v) is 5.75. The topological polar surface area (TPSA) is 82.1 Å². The summed E-state index contributed by atoms with van der Waals surface area (Å²) in [5, 5.41) is 0. The highest BCUT2D eigenvalue weighted by atomic mass is 32.2. The average molecular weight is 487 g/mol. The molecule has 0 saturated heterocycles. The third-order valence-electron chi connectivity index (χ3n) is 5.40. The van der Waals surface area contributed by atoms with Crippen LogP contribution in [0.25, 0.3) is 0 Å². The molecule has 1 heterocycles. The predicted octanol–water partition coefficient (Wildman–Crippen LogP) is 3.96. The van der Waals surface area contributed by atoms with E-state index >= 15 is 0 Å². The number of halogens is 3. The van der Waals surface area contributed by atoms with Gasteiger partial charge in [-0.3, -0.25) is 4.79 Å². The van der Waals surface area contributed by atoms with Crippen molar-refractivity contribution in [1.82, 2.24) is 4.31 Å². The quantitative estimate of drug-likeness (QED) is 0.550. The van der Waals surface area contributed by atoms with Crippen molar-refractivity contribution in [1.29, 1.82) is 0 Å². The first-order valence-electron chi connectivity index (χ1n) is 10.1. The van der Waals surface area contributed by atoms with Gasteiger partial charge in [-0.05, 0) is 48.7 Å². The lowest BCUT2D eigenvalue weighted by molar-refractivity contribution is -0.144. The smallest absolute Gasteiger partial charge is 0.417 e. The van der Waals surface area contributed by atoms with Gasteiger partial charge in [-0.2, -0.15) is 17.5 Å². The van der Waals surface area contributed by atoms with Crippen LogP contribution in [-0.4, -0.2) is 46.1 Å². The van der Waals surface area contributed by atoms with Gasteiger partial charge in [0.05, 0.1) is 43.7 Å². The van der Waals surface area contributed by atoms with Gasteiger partial charge in [-0.15, -0.1) is 0 Å². The summed E-state index contributed by atoms with van der Waals surface area (Å²) in [7, 11) is -1.77. The maximum atomic E-state index is 13.6. The molecule has 0 aliphatic carbocycles. The van der Waals surface area contributed by atoms with Gasteiger partial charge in [0.1, 0.15) is 0 Å². The van der Waals surface area contributed by atoms with Crippen LogP contribution in [0.5, 0.6) is 11.5 Å². The molecule has 1 aliphatic rings. The molecule has 1 unspecified atom stereocenters. The Morgan fingerprint density at radius 1 is 1.12 bits per heavy atom. The van der Waals surface area contributed by atoms with E-state index in [4.69, 9.17) is 14.2 Å². The van der Waals surface area contributed by atoms with E-state index in [1.807, 2.05) is 0 Å². The summed E-state index contributed by atoms with van der Waals surface area (Å²) in [6.45, 7) is 1.56. The minimum absolute atomic E-state index is 0.0774. The maximum Gasteiger partial charge on any atom is 0.417 e. The van der Waals surface area contributed by atoms with Crippen LogP contribution >= 0.6 is 0 Å². The second-order valence-corrected chi connectivity index (χ2v) is 9.15. The second-order valence-electron chi connectivity index (χ2n) is 7.29. The Bertz CT molecular complexity index is 1130. The standard InChI is InChI=1S/C22H24F3NO6S/c1-4-32-21(27)13-17-15-12-19(31-3)18(30-2)11-14(15)9-10-26(17)33(28,29)20-8-6-5-7-16(20)22(23,24)25/h5-8,11-12,17H,4,9-10,13H2,1-3H3. The molecule has 0 fully saturated rings. The van der Waals surface area contributed by atoms with Gasteiger partial charge < -0.3 is 14.2 Å². The molecule has 0 N–H and O–H groups in total. The molecule has 0 spiro atoms. The number of esters is 1. The molecule has 33 heavy (non-hydrogen) atoms. The van der Waals surface area contributed by atoms with E-state index in [0.29, 0.717) is 22.6 Å². The van der Waals surface area contributed by atoms with E-state index in [-0.39, 0.29) is 26.0 Å².